The van der Waals surface area contributed by atoms with Gasteiger partial charge in [0, 0.05) is 14.2 Å². The molecule has 0 aliphatic heterocycles. The van der Waals surface area contributed by atoms with Gasteiger partial charge in [0.25, 0.3) is 0 Å². The molecule has 0 N–H and O–H groups in total. The van der Waals surface area contributed by atoms with Gasteiger partial charge in [0.15, 0.2) is 0 Å². The van der Waals surface area contributed by atoms with Crippen LogP contribution in [0.25, 0.3) is 0 Å². The first-order valence-corrected chi connectivity index (χ1v) is 8.14. The molecular formula is C13H20Br2S. The Bertz CT molecular complexity index is 349. The van der Waals surface area contributed by atoms with Crippen LogP contribution in [-0.4, -0.2) is 0 Å². The fourth-order valence-electron chi connectivity index (χ4n) is 1.49. The zero-order chi connectivity index (χ0) is 12.5. The highest BCUT2D eigenvalue weighted by atomic mass is 79.9. The van der Waals surface area contributed by atoms with Crippen molar-refractivity contribution in [2.45, 2.75) is 45.9 Å². The maximum atomic E-state index is 3.82. The van der Waals surface area contributed by atoms with E-state index in [0.717, 1.165) is 0 Å². The summed E-state index contributed by atoms with van der Waals surface area (Å²) in [4.78, 5) is 3.26. The van der Waals surface area contributed by atoms with E-state index < -0.39 is 0 Å². The van der Waals surface area contributed by atoms with Crippen molar-refractivity contribution in [3.05, 3.63) is 20.3 Å². The first-order chi connectivity index (χ1) is 7.21. The third kappa shape index (κ3) is 3.85. The van der Waals surface area contributed by atoms with Gasteiger partial charge in [-0.15, -0.1) is 11.3 Å². The van der Waals surface area contributed by atoms with Crippen LogP contribution in [0.4, 0.5) is 0 Å². The number of thiophene rings is 1. The predicted molar refractivity (Wildman–Crippen MR) is 81.7 cm³/mol. The highest BCUT2D eigenvalue weighted by molar-refractivity contribution is 9.11. The molecule has 1 aromatic heterocycles. The molecule has 92 valence electrons. The second kappa shape index (κ2) is 5.53. The largest absolute Gasteiger partial charge is 0.143 e. The number of alkyl halides is 1. The molecule has 0 spiro atoms. The lowest BCUT2D eigenvalue weighted by Gasteiger charge is -2.28. The number of rotatable bonds is 3. The van der Waals surface area contributed by atoms with Crippen LogP contribution in [-0.2, 0) is 0 Å². The van der Waals surface area contributed by atoms with Crippen LogP contribution >= 0.6 is 43.2 Å². The Labute approximate surface area is 120 Å². The molecule has 0 aliphatic carbocycles. The fourth-order valence-corrected chi connectivity index (χ4v) is 4.80. The Hall–Kier alpha value is 0.660. The SMILES string of the molecule is Cc1cc(Br)c(C(Br)CC(C)C(C)(C)C)s1. The van der Waals surface area contributed by atoms with Crippen LogP contribution in [0.5, 0.6) is 0 Å². The average Bonchev–Trinajstić information content (AvgIpc) is 2.43. The zero-order valence-corrected chi connectivity index (χ0v) is 14.6. The molecule has 0 amide bonds. The average molecular weight is 368 g/mol. The van der Waals surface area contributed by atoms with E-state index >= 15 is 0 Å². The molecule has 2 atom stereocenters. The van der Waals surface area contributed by atoms with E-state index in [2.05, 4.69) is 72.5 Å². The summed E-state index contributed by atoms with van der Waals surface area (Å²) in [5.74, 6) is 0.700. The van der Waals surface area contributed by atoms with Crippen molar-refractivity contribution in [1.82, 2.24) is 0 Å². The molecule has 1 aromatic rings. The third-order valence-corrected chi connectivity index (χ3v) is 6.38. The molecular weight excluding hydrogens is 348 g/mol. The van der Waals surface area contributed by atoms with Crippen LogP contribution in [0, 0.1) is 18.3 Å². The van der Waals surface area contributed by atoms with Gasteiger partial charge < -0.3 is 0 Å². The minimum absolute atomic E-state index is 0.380. The summed E-state index contributed by atoms with van der Waals surface area (Å²) in [6.07, 6.45) is 1.18. The minimum Gasteiger partial charge on any atom is -0.143 e. The van der Waals surface area contributed by atoms with Gasteiger partial charge in [0.05, 0.1) is 4.83 Å². The lowest BCUT2D eigenvalue weighted by Crippen LogP contribution is -2.18. The van der Waals surface area contributed by atoms with E-state index in [4.69, 9.17) is 0 Å². The van der Waals surface area contributed by atoms with E-state index in [-0.39, 0.29) is 0 Å². The van der Waals surface area contributed by atoms with Crippen LogP contribution in [0.1, 0.15) is 48.7 Å². The Morgan fingerprint density at radius 1 is 1.38 bits per heavy atom. The van der Waals surface area contributed by atoms with Gasteiger partial charge in [-0.1, -0.05) is 43.6 Å². The van der Waals surface area contributed by atoms with Crippen LogP contribution in [0.2, 0.25) is 0 Å². The minimum atomic E-state index is 0.380. The summed E-state index contributed by atoms with van der Waals surface area (Å²) in [5.41, 5.74) is 0.380. The molecule has 0 aromatic carbocycles. The number of aryl methyl sites for hydroxylation is 1. The lowest BCUT2D eigenvalue weighted by molar-refractivity contribution is 0.247. The molecule has 3 heteroatoms. The van der Waals surface area contributed by atoms with Gasteiger partial charge >= 0.3 is 0 Å². The molecule has 1 heterocycles. The molecule has 16 heavy (non-hydrogen) atoms. The zero-order valence-electron chi connectivity index (χ0n) is 10.6. The molecule has 0 bridgehead atoms. The van der Waals surface area contributed by atoms with Crippen molar-refractivity contribution in [2.24, 2.45) is 11.3 Å². The predicted octanol–water partition coefficient (Wildman–Crippen LogP) is 6.33. The van der Waals surface area contributed by atoms with Crippen molar-refractivity contribution >= 4 is 43.2 Å². The monoisotopic (exact) mass is 366 g/mol. The maximum absolute atomic E-state index is 3.82. The summed E-state index contributed by atoms with van der Waals surface area (Å²) in [5, 5.41) is 0. The maximum Gasteiger partial charge on any atom is 0.0503 e. The molecule has 2 unspecified atom stereocenters. The standard InChI is InChI=1S/C13H20Br2S/c1-8(13(3,4)5)6-10(14)12-11(15)7-9(2)16-12/h7-8,10H,6H2,1-5H3. The molecule has 0 nitrogen and oxygen atoms in total. The third-order valence-electron chi connectivity index (χ3n) is 3.16. The van der Waals surface area contributed by atoms with E-state index in [1.54, 1.807) is 0 Å². The van der Waals surface area contributed by atoms with Gasteiger partial charge in [-0.3, -0.25) is 0 Å². The van der Waals surface area contributed by atoms with Crippen LogP contribution in [0.15, 0.2) is 10.5 Å². The van der Waals surface area contributed by atoms with Crippen LogP contribution in [0.3, 0.4) is 0 Å². The topological polar surface area (TPSA) is 0 Å². The van der Waals surface area contributed by atoms with E-state index in [0.29, 0.717) is 16.2 Å². The van der Waals surface area contributed by atoms with Gasteiger partial charge in [-0.2, -0.15) is 0 Å². The summed E-state index contributed by atoms with van der Waals surface area (Å²) in [7, 11) is 0. The van der Waals surface area contributed by atoms with Gasteiger partial charge in [0.1, 0.15) is 0 Å². The molecule has 0 fully saturated rings. The molecule has 0 radical (unpaired) electrons. The van der Waals surface area contributed by atoms with Crippen molar-refractivity contribution in [2.75, 3.05) is 0 Å². The Kier molecular flexibility index (Phi) is 5.09. The second-order valence-corrected chi connectivity index (χ2v) is 8.79. The summed E-state index contributed by atoms with van der Waals surface area (Å²) in [6.45, 7) is 11.4. The highest BCUT2D eigenvalue weighted by Gasteiger charge is 2.24. The number of hydrogen-bond acceptors (Lipinski definition) is 1. The Balaban J connectivity index is 2.73. The van der Waals surface area contributed by atoms with E-state index in [1.807, 2.05) is 11.3 Å². The summed E-state index contributed by atoms with van der Waals surface area (Å²) in [6, 6.07) is 2.20. The lowest BCUT2D eigenvalue weighted by atomic mass is 9.79. The van der Waals surface area contributed by atoms with Crippen molar-refractivity contribution in [3.8, 4) is 0 Å². The molecule has 0 aliphatic rings. The van der Waals surface area contributed by atoms with Gasteiger partial charge in [-0.25, -0.2) is 0 Å². The molecule has 1 rings (SSSR count). The quantitative estimate of drug-likeness (QED) is 0.547. The molecule has 0 saturated heterocycles. The van der Waals surface area contributed by atoms with Gasteiger partial charge in [0.2, 0.25) is 0 Å². The number of halogens is 2. The fraction of sp³-hybridized carbons (Fsp3) is 0.692. The summed E-state index contributed by atoms with van der Waals surface area (Å²) < 4.78 is 1.25. The van der Waals surface area contributed by atoms with Crippen molar-refractivity contribution in [3.63, 3.8) is 0 Å². The van der Waals surface area contributed by atoms with E-state index in [1.165, 1.54) is 20.6 Å². The Morgan fingerprint density at radius 2 is 1.94 bits per heavy atom. The highest BCUT2D eigenvalue weighted by Crippen LogP contribution is 2.42. The number of hydrogen-bond donors (Lipinski definition) is 0. The summed E-state index contributed by atoms with van der Waals surface area (Å²) >= 11 is 9.34. The van der Waals surface area contributed by atoms with E-state index in [9.17, 15) is 0 Å². The van der Waals surface area contributed by atoms with Crippen molar-refractivity contribution in [1.29, 1.82) is 0 Å². The Morgan fingerprint density at radius 3 is 2.31 bits per heavy atom. The smallest absolute Gasteiger partial charge is 0.0503 e. The first-order valence-electron chi connectivity index (χ1n) is 5.61. The normalized spacial score (nSPS) is 16.2. The van der Waals surface area contributed by atoms with Crippen LogP contribution < -0.4 is 0 Å². The molecule has 0 saturated carbocycles. The van der Waals surface area contributed by atoms with Crippen molar-refractivity contribution < 1.29 is 0 Å². The first kappa shape index (κ1) is 14.7. The van der Waals surface area contributed by atoms with Gasteiger partial charge in [-0.05, 0) is 46.7 Å². The second-order valence-electron chi connectivity index (χ2n) is 5.54.